The van der Waals surface area contributed by atoms with E-state index in [0.29, 0.717) is 11.2 Å². The highest BCUT2D eigenvalue weighted by Gasteiger charge is 2.06. The molecule has 0 amide bonds. The van der Waals surface area contributed by atoms with Crippen LogP contribution < -0.4 is 5.69 Å². The van der Waals surface area contributed by atoms with Crippen LogP contribution in [0.3, 0.4) is 0 Å². The zero-order valence-corrected chi connectivity index (χ0v) is 10.9. The number of carboxylic acids is 1. The van der Waals surface area contributed by atoms with Crippen LogP contribution in [-0.2, 0) is 0 Å². The van der Waals surface area contributed by atoms with E-state index >= 15 is 0 Å². The van der Waals surface area contributed by atoms with Gasteiger partial charge in [0.05, 0.1) is 11.1 Å². The predicted octanol–water partition coefficient (Wildman–Crippen LogP) is 2.10. The topological polar surface area (TPSA) is 98.8 Å². The zero-order valence-electron chi connectivity index (χ0n) is 10.1. The van der Waals surface area contributed by atoms with Gasteiger partial charge in [0, 0.05) is 16.0 Å². The number of benzene rings is 1. The van der Waals surface area contributed by atoms with Crippen molar-refractivity contribution in [3.05, 3.63) is 52.6 Å². The summed E-state index contributed by atoms with van der Waals surface area (Å²) in [7, 11) is 0. The fraction of sp³-hybridized carbons (Fsp3) is 0. The number of nitrogens with one attached hydrogen (secondary N) is 2. The van der Waals surface area contributed by atoms with Crippen LogP contribution in [-0.4, -0.2) is 26.0 Å². The van der Waals surface area contributed by atoms with Crippen LogP contribution in [0.2, 0.25) is 0 Å². The summed E-state index contributed by atoms with van der Waals surface area (Å²) >= 11 is 1.38. The first-order chi connectivity index (χ1) is 9.61. The molecule has 0 spiro atoms. The van der Waals surface area contributed by atoms with E-state index in [0.717, 1.165) is 9.79 Å². The highest BCUT2D eigenvalue weighted by Crippen LogP contribution is 2.28. The molecule has 3 aromatic rings. The van der Waals surface area contributed by atoms with Crippen molar-refractivity contribution < 1.29 is 9.90 Å². The van der Waals surface area contributed by atoms with E-state index in [4.69, 9.17) is 5.11 Å². The Labute approximate surface area is 116 Å². The lowest BCUT2D eigenvalue weighted by Gasteiger charge is -2.02. The monoisotopic (exact) mass is 287 g/mol. The molecule has 0 atom stereocenters. The fourth-order valence-electron chi connectivity index (χ4n) is 1.79. The largest absolute Gasteiger partial charge is 0.478 e. The number of aromatic carboxylic acids is 1. The molecule has 7 heteroatoms. The molecule has 2 heterocycles. The second-order valence-electron chi connectivity index (χ2n) is 4.08. The average molecular weight is 287 g/mol. The third-order valence-corrected chi connectivity index (χ3v) is 3.61. The van der Waals surface area contributed by atoms with Crippen molar-refractivity contribution in [3.63, 3.8) is 0 Å². The lowest BCUT2D eigenvalue weighted by atomic mass is 10.2. The maximum Gasteiger partial charge on any atom is 0.335 e. The molecule has 3 N–H and O–H groups in total. The lowest BCUT2D eigenvalue weighted by molar-refractivity contribution is 0.0696. The molecule has 0 aliphatic rings. The van der Waals surface area contributed by atoms with Crippen LogP contribution in [0, 0.1) is 0 Å². The van der Waals surface area contributed by atoms with Crippen molar-refractivity contribution in [3.8, 4) is 0 Å². The summed E-state index contributed by atoms with van der Waals surface area (Å²) in [5, 5.41) is 8.95. The van der Waals surface area contributed by atoms with Crippen LogP contribution >= 0.6 is 11.8 Å². The average Bonchev–Trinajstić information content (AvgIpc) is 2.78. The Morgan fingerprint density at radius 2 is 2.05 bits per heavy atom. The van der Waals surface area contributed by atoms with Gasteiger partial charge in [0.25, 0.3) is 0 Å². The lowest BCUT2D eigenvalue weighted by Crippen LogP contribution is -1.99. The Bertz CT molecular complexity index is 853. The maximum absolute atomic E-state index is 11.2. The molecule has 0 bridgehead atoms. The molecule has 0 aliphatic heterocycles. The second kappa shape index (κ2) is 4.86. The summed E-state index contributed by atoms with van der Waals surface area (Å²) in [6.45, 7) is 0. The van der Waals surface area contributed by atoms with Crippen LogP contribution in [0.1, 0.15) is 10.4 Å². The molecule has 2 aromatic heterocycles. The van der Waals surface area contributed by atoms with Gasteiger partial charge in [-0.15, -0.1) is 0 Å². The van der Waals surface area contributed by atoms with Crippen LogP contribution in [0.15, 0.2) is 51.1 Å². The first-order valence-electron chi connectivity index (χ1n) is 5.71. The molecule has 1 aromatic carbocycles. The first-order valence-corrected chi connectivity index (χ1v) is 6.53. The standard InChI is InChI=1S/C13H9N3O3S/c17-12(18)7-2-1-3-8(4-7)20-9-5-10-11(14-6-9)16-13(19)15-10/h1-6H,(H,17,18)(H2,14,15,16,19). The summed E-state index contributed by atoms with van der Waals surface area (Å²) < 4.78 is 0. The van der Waals surface area contributed by atoms with Gasteiger partial charge in [0.1, 0.15) is 0 Å². The molecular weight excluding hydrogens is 278 g/mol. The SMILES string of the molecule is O=C(O)c1cccc(Sc2cnc3[nH]c(=O)[nH]c3c2)c1. The summed E-state index contributed by atoms with van der Waals surface area (Å²) in [4.78, 5) is 33.0. The molecule has 0 aliphatic carbocycles. The van der Waals surface area contributed by atoms with Crippen LogP contribution in [0.4, 0.5) is 0 Å². The molecule has 0 saturated carbocycles. The summed E-state index contributed by atoms with van der Waals surface area (Å²) in [6, 6.07) is 8.43. The van der Waals surface area contributed by atoms with Gasteiger partial charge in [0.2, 0.25) is 0 Å². The van der Waals surface area contributed by atoms with E-state index in [1.807, 2.05) is 6.07 Å². The molecule has 0 saturated heterocycles. The van der Waals surface area contributed by atoms with Gasteiger partial charge >= 0.3 is 11.7 Å². The normalized spacial score (nSPS) is 10.8. The van der Waals surface area contributed by atoms with Gasteiger partial charge in [-0.1, -0.05) is 17.8 Å². The van der Waals surface area contributed by atoms with E-state index in [1.54, 1.807) is 24.4 Å². The number of imidazole rings is 1. The molecule has 0 radical (unpaired) electrons. The number of pyridine rings is 1. The van der Waals surface area contributed by atoms with Gasteiger partial charge in [-0.2, -0.15) is 0 Å². The summed E-state index contributed by atoms with van der Waals surface area (Å²) in [6.07, 6.45) is 1.63. The van der Waals surface area contributed by atoms with E-state index in [1.165, 1.54) is 17.8 Å². The minimum atomic E-state index is -0.962. The maximum atomic E-state index is 11.2. The number of aromatic amines is 2. The highest BCUT2D eigenvalue weighted by molar-refractivity contribution is 7.99. The Morgan fingerprint density at radius 1 is 1.20 bits per heavy atom. The Kier molecular flexibility index (Phi) is 3.03. The summed E-state index contributed by atoms with van der Waals surface area (Å²) in [5.74, 6) is -0.962. The molecule has 6 nitrogen and oxygen atoms in total. The summed E-state index contributed by atoms with van der Waals surface area (Å²) in [5.41, 5.74) is 1.05. The number of H-pyrrole nitrogens is 2. The van der Waals surface area contributed by atoms with Gasteiger partial charge in [-0.3, -0.25) is 4.98 Å². The number of nitrogens with zero attached hydrogens (tertiary/aromatic N) is 1. The van der Waals surface area contributed by atoms with E-state index in [9.17, 15) is 9.59 Å². The molecule has 0 fully saturated rings. The molecule has 100 valence electrons. The smallest absolute Gasteiger partial charge is 0.335 e. The number of carboxylic acid groups (broad SMARTS) is 1. The minimum absolute atomic E-state index is 0.235. The number of aromatic nitrogens is 3. The van der Waals surface area contributed by atoms with Crippen LogP contribution in [0.25, 0.3) is 11.2 Å². The van der Waals surface area contributed by atoms with Gasteiger partial charge in [0.15, 0.2) is 5.65 Å². The Morgan fingerprint density at radius 3 is 2.85 bits per heavy atom. The van der Waals surface area contributed by atoms with Crippen molar-refractivity contribution >= 4 is 28.9 Å². The number of rotatable bonds is 3. The molecule has 3 rings (SSSR count). The van der Waals surface area contributed by atoms with Crippen molar-refractivity contribution in [1.29, 1.82) is 0 Å². The van der Waals surface area contributed by atoms with Gasteiger partial charge in [-0.05, 0) is 24.3 Å². The van der Waals surface area contributed by atoms with Crippen molar-refractivity contribution in [1.82, 2.24) is 15.0 Å². The van der Waals surface area contributed by atoms with Crippen molar-refractivity contribution in [2.75, 3.05) is 0 Å². The quantitative estimate of drug-likeness (QED) is 0.685. The van der Waals surface area contributed by atoms with Gasteiger partial charge in [-0.25, -0.2) is 14.6 Å². The van der Waals surface area contributed by atoms with Crippen molar-refractivity contribution in [2.45, 2.75) is 9.79 Å². The molecule has 0 unspecified atom stereocenters. The highest BCUT2D eigenvalue weighted by atomic mass is 32.2. The second-order valence-corrected chi connectivity index (χ2v) is 5.23. The third-order valence-electron chi connectivity index (χ3n) is 2.66. The zero-order chi connectivity index (χ0) is 14.1. The number of hydrogen-bond acceptors (Lipinski definition) is 4. The van der Waals surface area contributed by atoms with Crippen molar-refractivity contribution in [2.24, 2.45) is 0 Å². The van der Waals surface area contributed by atoms with E-state index in [2.05, 4.69) is 15.0 Å². The van der Waals surface area contributed by atoms with Gasteiger partial charge < -0.3 is 10.1 Å². The first kappa shape index (κ1) is 12.5. The predicted molar refractivity (Wildman–Crippen MR) is 74.2 cm³/mol. The Hall–Kier alpha value is -2.54. The molecule has 20 heavy (non-hydrogen) atoms. The Balaban J connectivity index is 1.94. The number of carbonyl (C=O) groups is 1. The van der Waals surface area contributed by atoms with E-state index in [-0.39, 0.29) is 11.3 Å². The fourth-order valence-corrected chi connectivity index (χ4v) is 2.67. The third kappa shape index (κ3) is 2.43. The number of fused-ring (bicyclic) bond motifs is 1. The number of hydrogen-bond donors (Lipinski definition) is 3. The van der Waals surface area contributed by atoms with Crippen LogP contribution in [0.5, 0.6) is 0 Å². The minimum Gasteiger partial charge on any atom is -0.478 e. The van der Waals surface area contributed by atoms with E-state index < -0.39 is 5.97 Å². The molecular formula is C13H9N3O3S.